The second-order valence-corrected chi connectivity index (χ2v) is 6.59. The Morgan fingerprint density at radius 2 is 1.80 bits per heavy atom. The third-order valence-corrected chi connectivity index (χ3v) is 4.06. The molecule has 4 nitrogen and oxygen atoms in total. The van der Waals surface area contributed by atoms with E-state index in [9.17, 15) is 9.90 Å². The van der Waals surface area contributed by atoms with Gasteiger partial charge in [0.15, 0.2) is 0 Å². The zero-order valence-corrected chi connectivity index (χ0v) is 14.4. The lowest BCUT2D eigenvalue weighted by molar-refractivity contribution is -0.145. The Bertz CT molecular complexity index is 294. The van der Waals surface area contributed by atoms with Crippen LogP contribution >= 0.6 is 0 Å². The molecular weight excluding hydrogens is 252 g/mol. The topological polar surface area (TPSA) is 52.6 Å². The van der Waals surface area contributed by atoms with Crippen molar-refractivity contribution >= 4 is 5.97 Å². The van der Waals surface area contributed by atoms with Crippen LogP contribution in [0.5, 0.6) is 0 Å². The van der Waals surface area contributed by atoms with Crippen LogP contribution in [0.2, 0.25) is 0 Å². The molecule has 0 aliphatic rings. The van der Waals surface area contributed by atoms with Crippen molar-refractivity contribution in [2.24, 2.45) is 5.92 Å². The molecule has 3 unspecified atom stereocenters. The Kier molecular flexibility index (Phi) is 8.36. The van der Waals surface area contributed by atoms with Crippen LogP contribution < -0.4 is 5.32 Å². The monoisotopic (exact) mass is 286 g/mol. The molecule has 0 aromatic heterocycles. The fourth-order valence-corrected chi connectivity index (χ4v) is 2.72. The van der Waals surface area contributed by atoms with Crippen LogP contribution in [0.15, 0.2) is 0 Å². The van der Waals surface area contributed by atoms with Gasteiger partial charge in [0, 0.05) is 18.6 Å². The molecule has 0 fully saturated rings. The number of nitrogens with zero attached hydrogens (tertiary/aromatic N) is 1. The van der Waals surface area contributed by atoms with Crippen LogP contribution in [-0.4, -0.2) is 46.7 Å². The van der Waals surface area contributed by atoms with Crippen LogP contribution in [0.25, 0.3) is 0 Å². The van der Waals surface area contributed by atoms with Gasteiger partial charge in [0.1, 0.15) is 5.54 Å². The molecule has 0 spiro atoms. The molecule has 0 rings (SSSR count). The van der Waals surface area contributed by atoms with E-state index in [2.05, 4.69) is 37.9 Å². The summed E-state index contributed by atoms with van der Waals surface area (Å²) in [6.45, 7) is 16.5. The molecule has 0 amide bonds. The minimum absolute atomic E-state index is 0.160. The summed E-state index contributed by atoms with van der Waals surface area (Å²) in [5, 5.41) is 12.7. The van der Waals surface area contributed by atoms with Gasteiger partial charge >= 0.3 is 5.97 Å². The largest absolute Gasteiger partial charge is 0.480 e. The average Bonchev–Trinajstić information content (AvgIpc) is 2.33. The van der Waals surface area contributed by atoms with Gasteiger partial charge in [-0.3, -0.25) is 10.1 Å². The Hall–Kier alpha value is -0.610. The maximum absolute atomic E-state index is 11.6. The Morgan fingerprint density at radius 1 is 1.25 bits per heavy atom. The van der Waals surface area contributed by atoms with Crippen molar-refractivity contribution in [3.63, 3.8) is 0 Å². The van der Waals surface area contributed by atoms with Gasteiger partial charge in [-0.25, -0.2) is 0 Å². The van der Waals surface area contributed by atoms with Crippen molar-refractivity contribution in [3.8, 4) is 0 Å². The van der Waals surface area contributed by atoms with Gasteiger partial charge in [-0.15, -0.1) is 0 Å². The number of carboxylic acid groups (broad SMARTS) is 1. The average molecular weight is 286 g/mol. The van der Waals surface area contributed by atoms with Gasteiger partial charge in [0.25, 0.3) is 0 Å². The second kappa shape index (κ2) is 8.63. The first-order chi connectivity index (χ1) is 9.16. The highest BCUT2D eigenvalue weighted by Gasteiger charge is 2.36. The van der Waals surface area contributed by atoms with E-state index in [1.807, 2.05) is 13.8 Å². The van der Waals surface area contributed by atoms with Crippen LogP contribution in [0.4, 0.5) is 0 Å². The van der Waals surface area contributed by atoms with Crippen molar-refractivity contribution in [1.82, 2.24) is 10.2 Å². The Labute approximate surface area is 124 Å². The fourth-order valence-electron chi connectivity index (χ4n) is 2.72. The summed E-state index contributed by atoms with van der Waals surface area (Å²) in [5.74, 6) is -0.121. The minimum Gasteiger partial charge on any atom is -0.480 e. The standard InChI is InChI=1S/C16H34N2O2/c1-8-13(5)11-18(9-2)14(6)10-16(7,15(19)20)17-12(3)4/h12-14,17H,8-11H2,1-7H3,(H,19,20). The fraction of sp³-hybridized carbons (Fsp3) is 0.938. The van der Waals surface area contributed by atoms with E-state index in [0.717, 1.165) is 19.5 Å². The molecule has 0 aliphatic carbocycles. The van der Waals surface area contributed by atoms with Gasteiger partial charge in [-0.1, -0.05) is 27.2 Å². The molecule has 2 N–H and O–H groups in total. The van der Waals surface area contributed by atoms with Gasteiger partial charge in [-0.2, -0.15) is 0 Å². The highest BCUT2D eigenvalue weighted by molar-refractivity contribution is 5.78. The van der Waals surface area contributed by atoms with Crippen LogP contribution in [0, 0.1) is 5.92 Å². The summed E-state index contributed by atoms with van der Waals surface area (Å²) >= 11 is 0. The number of nitrogens with one attached hydrogen (secondary N) is 1. The first-order valence-electron chi connectivity index (χ1n) is 7.91. The molecule has 0 aromatic carbocycles. The number of carboxylic acids is 1. The van der Waals surface area contributed by atoms with Crippen molar-refractivity contribution < 1.29 is 9.90 Å². The van der Waals surface area contributed by atoms with E-state index in [1.165, 1.54) is 0 Å². The van der Waals surface area contributed by atoms with Gasteiger partial charge < -0.3 is 10.0 Å². The molecule has 4 heteroatoms. The molecule has 0 saturated carbocycles. The van der Waals surface area contributed by atoms with E-state index in [0.29, 0.717) is 12.3 Å². The molecule has 0 bridgehead atoms. The Balaban J connectivity index is 4.80. The van der Waals surface area contributed by atoms with Crippen molar-refractivity contribution in [1.29, 1.82) is 0 Å². The third-order valence-electron chi connectivity index (χ3n) is 4.06. The van der Waals surface area contributed by atoms with E-state index in [-0.39, 0.29) is 12.1 Å². The molecule has 0 aliphatic heterocycles. The molecule has 20 heavy (non-hydrogen) atoms. The number of aliphatic carboxylic acids is 1. The van der Waals surface area contributed by atoms with Crippen molar-refractivity contribution in [2.75, 3.05) is 13.1 Å². The molecule has 0 saturated heterocycles. The van der Waals surface area contributed by atoms with Gasteiger partial charge in [-0.05, 0) is 46.6 Å². The van der Waals surface area contributed by atoms with Crippen molar-refractivity contribution in [3.05, 3.63) is 0 Å². The maximum Gasteiger partial charge on any atom is 0.323 e. The SMILES string of the molecule is CCC(C)CN(CC)C(C)CC(C)(NC(C)C)C(=O)O. The summed E-state index contributed by atoms with van der Waals surface area (Å²) in [5.41, 5.74) is -0.865. The van der Waals surface area contributed by atoms with E-state index in [1.54, 1.807) is 6.92 Å². The zero-order chi connectivity index (χ0) is 15.9. The normalized spacial score (nSPS) is 18.1. The Morgan fingerprint density at radius 3 is 2.15 bits per heavy atom. The number of hydrogen-bond donors (Lipinski definition) is 2. The van der Waals surface area contributed by atoms with Gasteiger partial charge in [0.2, 0.25) is 0 Å². The molecule has 0 heterocycles. The van der Waals surface area contributed by atoms with E-state index in [4.69, 9.17) is 0 Å². The van der Waals surface area contributed by atoms with Crippen LogP contribution in [0.1, 0.15) is 61.3 Å². The lowest BCUT2D eigenvalue weighted by atomic mass is 9.91. The lowest BCUT2D eigenvalue weighted by Crippen LogP contribution is -2.55. The minimum atomic E-state index is -0.865. The highest BCUT2D eigenvalue weighted by atomic mass is 16.4. The second-order valence-electron chi connectivity index (χ2n) is 6.59. The summed E-state index contributed by atoms with van der Waals surface area (Å²) in [7, 11) is 0. The predicted octanol–water partition coefficient (Wildman–Crippen LogP) is 2.97. The number of carbonyl (C=O) groups is 1. The number of rotatable bonds is 10. The molecule has 0 aromatic rings. The first-order valence-corrected chi connectivity index (χ1v) is 7.91. The van der Waals surface area contributed by atoms with Gasteiger partial charge in [0.05, 0.1) is 0 Å². The molecular formula is C16H34N2O2. The zero-order valence-electron chi connectivity index (χ0n) is 14.4. The molecule has 120 valence electrons. The highest BCUT2D eigenvalue weighted by Crippen LogP contribution is 2.19. The number of hydrogen-bond acceptors (Lipinski definition) is 3. The summed E-state index contributed by atoms with van der Waals surface area (Å²) in [4.78, 5) is 14.0. The van der Waals surface area contributed by atoms with Crippen LogP contribution in [0.3, 0.4) is 0 Å². The van der Waals surface area contributed by atoms with Crippen molar-refractivity contribution in [2.45, 2.75) is 78.9 Å². The lowest BCUT2D eigenvalue weighted by Gasteiger charge is -2.37. The first kappa shape index (κ1) is 19.4. The summed E-state index contributed by atoms with van der Waals surface area (Å²) in [6.07, 6.45) is 1.77. The summed E-state index contributed by atoms with van der Waals surface area (Å²) < 4.78 is 0. The summed E-state index contributed by atoms with van der Waals surface area (Å²) in [6, 6.07) is 0.411. The quantitative estimate of drug-likeness (QED) is 0.648. The third kappa shape index (κ3) is 6.23. The van der Waals surface area contributed by atoms with Crippen LogP contribution in [-0.2, 0) is 4.79 Å². The van der Waals surface area contributed by atoms with E-state index < -0.39 is 11.5 Å². The smallest absolute Gasteiger partial charge is 0.323 e. The molecule has 0 radical (unpaired) electrons. The van der Waals surface area contributed by atoms with E-state index >= 15 is 0 Å². The maximum atomic E-state index is 11.6. The predicted molar refractivity (Wildman–Crippen MR) is 85.1 cm³/mol. The molecule has 3 atom stereocenters.